The third kappa shape index (κ3) is 3.42. The van der Waals surface area contributed by atoms with E-state index in [1.54, 1.807) is 14.2 Å². The van der Waals surface area contributed by atoms with Crippen LogP contribution in [0, 0.1) is 11.6 Å². The molecule has 2 aliphatic rings. The van der Waals surface area contributed by atoms with E-state index in [9.17, 15) is 13.6 Å². The zero-order valence-corrected chi connectivity index (χ0v) is 16.3. The molecule has 2 aliphatic heterocycles. The highest BCUT2D eigenvalue weighted by atomic mass is 19.1. The van der Waals surface area contributed by atoms with Gasteiger partial charge in [0.05, 0.1) is 32.6 Å². The van der Waals surface area contributed by atoms with Crippen LogP contribution in [0.25, 0.3) is 0 Å². The number of benzene rings is 1. The Balaban J connectivity index is 1.57. The zero-order chi connectivity index (χ0) is 20.6. The fourth-order valence-electron chi connectivity index (χ4n) is 4.19. The van der Waals surface area contributed by atoms with Gasteiger partial charge in [-0.1, -0.05) is 0 Å². The normalized spacial score (nSPS) is 17.7. The lowest BCUT2D eigenvalue weighted by Crippen LogP contribution is -2.48. The molecule has 1 saturated heterocycles. The van der Waals surface area contributed by atoms with Crippen LogP contribution in [-0.2, 0) is 16.8 Å². The van der Waals surface area contributed by atoms with Crippen molar-refractivity contribution in [3.63, 3.8) is 0 Å². The number of carbonyl (C=O) groups excluding carboxylic acids is 1. The number of methoxy groups -OCH3 is 2. The van der Waals surface area contributed by atoms with Gasteiger partial charge < -0.3 is 19.1 Å². The van der Waals surface area contributed by atoms with Crippen molar-refractivity contribution >= 4 is 5.91 Å². The Labute approximate surface area is 167 Å². The molecular formula is C21H22F2N2O4. The van der Waals surface area contributed by atoms with E-state index >= 15 is 0 Å². The molecule has 0 atom stereocenters. The number of nitrogens with zero attached hydrogens (tertiary/aromatic N) is 2. The molecule has 0 N–H and O–H groups in total. The minimum Gasteiger partial charge on any atom is -0.493 e. The maximum absolute atomic E-state index is 14.0. The van der Waals surface area contributed by atoms with E-state index in [0.717, 1.165) is 23.7 Å². The fourth-order valence-corrected chi connectivity index (χ4v) is 4.19. The monoisotopic (exact) mass is 404 g/mol. The molecule has 8 heteroatoms. The van der Waals surface area contributed by atoms with Gasteiger partial charge in [0.1, 0.15) is 5.82 Å². The number of pyridine rings is 1. The largest absolute Gasteiger partial charge is 0.493 e. The van der Waals surface area contributed by atoms with Crippen molar-refractivity contribution in [3.8, 4) is 11.5 Å². The van der Waals surface area contributed by atoms with Gasteiger partial charge in [-0.25, -0.2) is 13.8 Å². The SMILES string of the molecule is COc1cc2c(cc1OC)C1(CCN(C(=O)c3ncc(F)cc3F)CC1)OCC2. The van der Waals surface area contributed by atoms with E-state index in [4.69, 9.17) is 14.2 Å². The number of rotatable bonds is 3. The maximum atomic E-state index is 14.0. The minimum absolute atomic E-state index is 0.362. The lowest BCUT2D eigenvalue weighted by atomic mass is 9.79. The summed E-state index contributed by atoms with van der Waals surface area (Å²) < 4.78 is 44.1. The standard InChI is InChI=1S/C21H22F2N2O4/c1-27-17-9-13-3-8-29-21(15(13)11-18(17)28-2)4-6-25(7-5-21)20(26)19-16(23)10-14(22)12-24-19/h9-12H,3-8H2,1-2H3. The molecule has 2 aromatic rings. The molecule has 1 spiro atoms. The quantitative estimate of drug-likeness (QED) is 0.787. The van der Waals surface area contributed by atoms with Crippen molar-refractivity contribution in [1.82, 2.24) is 9.88 Å². The Morgan fingerprint density at radius 2 is 1.83 bits per heavy atom. The predicted octanol–water partition coefficient (Wildman–Crippen LogP) is 3.08. The second kappa shape index (κ2) is 7.59. The number of likely N-dealkylation sites (tertiary alicyclic amines) is 1. The predicted molar refractivity (Wildman–Crippen MR) is 100 cm³/mol. The van der Waals surface area contributed by atoms with E-state index < -0.39 is 23.1 Å². The molecule has 1 amide bonds. The van der Waals surface area contributed by atoms with Crippen LogP contribution < -0.4 is 9.47 Å². The number of fused-ring (bicyclic) bond motifs is 2. The average Bonchev–Trinajstić information content (AvgIpc) is 2.73. The summed E-state index contributed by atoms with van der Waals surface area (Å²) in [4.78, 5) is 17.8. The Bertz CT molecular complexity index is 943. The summed E-state index contributed by atoms with van der Waals surface area (Å²) in [5.74, 6) is -0.999. The fraction of sp³-hybridized carbons (Fsp3) is 0.429. The summed E-state index contributed by atoms with van der Waals surface area (Å²) in [6, 6.07) is 4.60. The van der Waals surface area contributed by atoms with Crippen molar-refractivity contribution in [3.05, 3.63) is 52.9 Å². The average molecular weight is 404 g/mol. The van der Waals surface area contributed by atoms with Crippen LogP contribution in [0.1, 0.15) is 34.5 Å². The summed E-state index contributed by atoms with van der Waals surface area (Å²) in [7, 11) is 3.19. The Morgan fingerprint density at radius 3 is 2.48 bits per heavy atom. The molecule has 3 heterocycles. The van der Waals surface area contributed by atoms with Crippen LogP contribution in [0.5, 0.6) is 11.5 Å². The first-order chi connectivity index (χ1) is 14.0. The molecule has 4 rings (SSSR count). The Morgan fingerprint density at radius 1 is 1.14 bits per heavy atom. The highest BCUT2D eigenvalue weighted by Gasteiger charge is 2.42. The molecule has 1 aromatic carbocycles. The van der Waals surface area contributed by atoms with Gasteiger partial charge in [0.25, 0.3) is 5.91 Å². The van der Waals surface area contributed by atoms with E-state index in [0.29, 0.717) is 50.1 Å². The van der Waals surface area contributed by atoms with Gasteiger partial charge in [-0.2, -0.15) is 0 Å². The van der Waals surface area contributed by atoms with Crippen molar-refractivity contribution in [2.45, 2.75) is 24.9 Å². The van der Waals surface area contributed by atoms with Gasteiger partial charge in [0, 0.05) is 19.2 Å². The zero-order valence-electron chi connectivity index (χ0n) is 16.3. The van der Waals surface area contributed by atoms with Gasteiger partial charge in [-0.15, -0.1) is 0 Å². The molecule has 1 aromatic heterocycles. The highest BCUT2D eigenvalue weighted by Crippen LogP contribution is 2.45. The van der Waals surface area contributed by atoms with Crippen LogP contribution in [0.3, 0.4) is 0 Å². The van der Waals surface area contributed by atoms with Gasteiger partial charge in [0.2, 0.25) is 0 Å². The lowest BCUT2D eigenvalue weighted by molar-refractivity contribution is -0.0937. The van der Waals surface area contributed by atoms with Crippen molar-refractivity contribution in [2.75, 3.05) is 33.9 Å². The first-order valence-corrected chi connectivity index (χ1v) is 9.47. The van der Waals surface area contributed by atoms with E-state index in [-0.39, 0.29) is 5.69 Å². The number of amides is 1. The number of aromatic nitrogens is 1. The maximum Gasteiger partial charge on any atom is 0.275 e. The number of hydrogen-bond donors (Lipinski definition) is 0. The van der Waals surface area contributed by atoms with Gasteiger partial charge in [-0.3, -0.25) is 4.79 Å². The summed E-state index contributed by atoms with van der Waals surface area (Å²) in [6.07, 6.45) is 2.74. The molecule has 29 heavy (non-hydrogen) atoms. The Kier molecular flexibility index (Phi) is 5.12. The van der Waals surface area contributed by atoms with Crippen molar-refractivity contribution < 1.29 is 27.8 Å². The third-order valence-corrected chi connectivity index (χ3v) is 5.72. The van der Waals surface area contributed by atoms with E-state index in [1.165, 1.54) is 4.90 Å². The summed E-state index contributed by atoms with van der Waals surface area (Å²) in [5.41, 5.74) is 1.29. The molecule has 0 radical (unpaired) electrons. The number of hydrogen-bond acceptors (Lipinski definition) is 5. The second-order valence-electron chi connectivity index (χ2n) is 7.23. The van der Waals surface area contributed by atoms with Crippen LogP contribution >= 0.6 is 0 Å². The first-order valence-electron chi connectivity index (χ1n) is 9.47. The van der Waals surface area contributed by atoms with E-state index in [1.807, 2.05) is 12.1 Å². The summed E-state index contributed by atoms with van der Waals surface area (Å²) >= 11 is 0. The molecule has 1 fully saturated rings. The highest BCUT2D eigenvalue weighted by molar-refractivity contribution is 5.92. The molecule has 154 valence electrons. The first kappa shape index (κ1) is 19.6. The molecule has 0 bridgehead atoms. The van der Waals surface area contributed by atoms with Crippen molar-refractivity contribution in [1.29, 1.82) is 0 Å². The topological polar surface area (TPSA) is 60.9 Å². The smallest absolute Gasteiger partial charge is 0.275 e. The number of carbonyl (C=O) groups is 1. The third-order valence-electron chi connectivity index (χ3n) is 5.72. The molecule has 6 nitrogen and oxygen atoms in total. The Hall–Kier alpha value is -2.74. The van der Waals surface area contributed by atoms with Gasteiger partial charge in [0.15, 0.2) is 23.0 Å². The van der Waals surface area contributed by atoms with Crippen LogP contribution in [-0.4, -0.2) is 49.7 Å². The van der Waals surface area contributed by atoms with Crippen LogP contribution in [0.4, 0.5) is 8.78 Å². The minimum atomic E-state index is -0.952. The summed E-state index contributed by atoms with van der Waals surface area (Å²) in [5, 5.41) is 0. The van der Waals surface area contributed by atoms with Gasteiger partial charge >= 0.3 is 0 Å². The van der Waals surface area contributed by atoms with Crippen molar-refractivity contribution in [2.24, 2.45) is 0 Å². The number of halogens is 2. The lowest BCUT2D eigenvalue weighted by Gasteiger charge is -2.45. The van der Waals surface area contributed by atoms with E-state index in [2.05, 4.69) is 4.98 Å². The van der Waals surface area contributed by atoms with Crippen LogP contribution in [0.15, 0.2) is 24.4 Å². The second-order valence-corrected chi connectivity index (χ2v) is 7.23. The number of ether oxygens (including phenoxy) is 3. The van der Waals surface area contributed by atoms with Crippen LogP contribution in [0.2, 0.25) is 0 Å². The molecular weight excluding hydrogens is 382 g/mol. The molecule has 0 aliphatic carbocycles. The molecule has 0 saturated carbocycles. The summed E-state index contributed by atoms with van der Waals surface area (Å²) in [6.45, 7) is 1.33. The molecule has 0 unspecified atom stereocenters. The van der Waals surface area contributed by atoms with Gasteiger partial charge in [-0.05, 0) is 42.5 Å². The number of piperidine rings is 1.